The summed E-state index contributed by atoms with van der Waals surface area (Å²) in [4.78, 5) is 12.2. The Morgan fingerprint density at radius 1 is 1.61 bits per heavy atom. The van der Waals surface area contributed by atoms with Gasteiger partial charge in [-0.2, -0.15) is 0 Å². The number of Topliss-reactive ketones (excluding diaryl/α,β-unsaturated/α-hetero) is 1. The molecule has 0 radical (unpaired) electrons. The van der Waals surface area contributed by atoms with Crippen LogP contribution in [0.15, 0.2) is 6.07 Å². The lowest BCUT2D eigenvalue weighted by molar-refractivity contribution is 0.0993. The van der Waals surface area contributed by atoms with E-state index in [0.717, 1.165) is 24.1 Å². The van der Waals surface area contributed by atoms with Gasteiger partial charge in [-0.1, -0.05) is 6.92 Å². The minimum atomic E-state index is 0.107. The molecule has 5 heteroatoms. The fourth-order valence-corrected chi connectivity index (χ4v) is 2.67. The number of hydrogen-bond acceptors (Lipinski definition) is 5. The Kier molecular flexibility index (Phi) is 4.60. The number of anilines is 2. The highest BCUT2D eigenvalue weighted by Gasteiger charge is 2.20. The van der Waals surface area contributed by atoms with Crippen LogP contribution in [0.4, 0.5) is 10.7 Å². The van der Waals surface area contributed by atoms with E-state index in [1.807, 2.05) is 13.0 Å². The van der Waals surface area contributed by atoms with Crippen molar-refractivity contribution in [2.45, 2.75) is 26.2 Å². The minimum Gasteiger partial charge on any atom is -0.397 e. The van der Waals surface area contributed by atoms with Gasteiger partial charge in [-0.15, -0.1) is 11.3 Å². The van der Waals surface area contributed by atoms with Gasteiger partial charge in [0.15, 0.2) is 5.78 Å². The van der Waals surface area contributed by atoms with E-state index >= 15 is 0 Å². The maximum Gasteiger partial charge on any atom is 0.174 e. The first-order valence-corrected chi connectivity index (χ1v) is 7.26. The van der Waals surface area contributed by atoms with Crippen LogP contribution >= 0.6 is 11.3 Å². The lowest BCUT2D eigenvalue weighted by Crippen LogP contribution is -2.09. The molecule has 100 valence electrons. The van der Waals surface area contributed by atoms with Crippen LogP contribution in [0.3, 0.4) is 0 Å². The molecule has 4 nitrogen and oxygen atoms in total. The molecule has 3 N–H and O–H groups in total. The maximum absolute atomic E-state index is 11.6. The average molecular weight is 268 g/mol. The second-order valence-corrected chi connectivity index (χ2v) is 5.67. The third-order valence-corrected chi connectivity index (χ3v) is 4.08. The molecule has 0 aliphatic heterocycles. The van der Waals surface area contributed by atoms with Crippen LogP contribution in [0.25, 0.3) is 0 Å². The van der Waals surface area contributed by atoms with Crippen molar-refractivity contribution in [2.24, 2.45) is 5.92 Å². The average Bonchev–Trinajstić information content (AvgIpc) is 3.11. The SMILES string of the molecule is CCC(=O)c1sc(NCCOCC2CC2)cc1N. The number of nitrogens with two attached hydrogens (primary N) is 1. The number of ketones is 1. The Morgan fingerprint density at radius 3 is 3.06 bits per heavy atom. The van der Waals surface area contributed by atoms with E-state index in [1.165, 1.54) is 24.2 Å². The quantitative estimate of drug-likeness (QED) is 0.562. The summed E-state index contributed by atoms with van der Waals surface area (Å²) in [5.74, 6) is 0.909. The highest BCUT2D eigenvalue weighted by molar-refractivity contribution is 7.18. The summed E-state index contributed by atoms with van der Waals surface area (Å²) in [6.07, 6.45) is 3.13. The molecule has 1 aliphatic carbocycles. The van der Waals surface area contributed by atoms with Gasteiger partial charge in [0.25, 0.3) is 0 Å². The molecule has 1 fully saturated rings. The number of thiophene rings is 1. The summed E-state index contributed by atoms with van der Waals surface area (Å²) in [6.45, 7) is 4.19. The molecule has 2 rings (SSSR count). The van der Waals surface area contributed by atoms with Gasteiger partial charge in [0.05, 0.1) is 22.2 Å². The molecule has 0 aromatic carbocycles. The molecule has 0 amide bonds. The number of carbonyl (C=O) groups is 1. The van der Waals surface area contributed by atoms with Crippen molar-refractivity contribution in [1.82, 2.24) is 0 Å². The molecule has 0 bridgehead atoms. The zero-order valence-corrected chi connectivity index (χ0v) is 11.5. The van der Waals surface area contributed by atoms with Gasteiger partial charge < -0.3 is 15.8 Å². The van der Waals surface area contributed by atoms with Crippen LogP contribution in [0.5, 0.6) is 0 Å². The van der Waals surface area contributed by atoms with Crippen LogP contribution in [0, 0.1) is 5.92 Å². The zero-order valence-electron chi connectivity index (χ0n) is 10.7. The first-order valence-electron chi connectivity index (χ1n) is 6.44. The fourth-order valence-electron chi connectivity index (χ4n) is 1.65. The van der Waals surface area contributed by atoms with Gasteiger partial charge >= 0.3 is 0 Å². The zero-order chi connectivity index (χ0) is 13.0. The van der Waals surface area contributed by atoms with Crippen molar-refractivity contribution in [3.63, 3.8) is 0 Å². The van der Waals surface area contributed by atoms with Crippen LogP contribution in [-0.2, 0) is 4.74 Å². The predicted octanol–water partition coefficient (Wildman–Crippen LogP) is 2.76. The Morgan fingerprint density at radius 2 is 2.39 bits per heavy atom. The van der Waals surface area contributed by atoms with Gasteiger partial charge in [0, 0.05) is 19.6 Å². The van der Waals surface area contributed by atoms with Crippen molar-refractivity contribution in [3.05, 3.63) is 10.9 Å². The number of carbonyl (C=O) groups excluding carboxylic acids is 1. The van der Waals surface area contributed by atoms with E-state index in [1.54, 1.807) is 0 Å². The van der Waals surface area contributed by atoms with Gasteiger partial charge in [0.2, 0.25) is 0 Å². The summed E-state index contributed by atoms with van der Waals surface area (Å²) in [7, 11) is 0. The largest absolute Gasteiger partial charge is 0.397 e. The first-order chi connectivity index (χ1) is 8.70. The van der Waals surface area contributed by atoms with Gasteiger partial charge in [-0.3, -0.25) is 4.79 Å². The standard InChI is InChI=1S/C13H20N2O2S/c1-2-11(16)13-10(14)7-12(18-13)15-5-6-17-8-9-3-4-9/h7,9,15H,2-6,8,14H2,1H3. The van der Waals surface area contributed by atoms with Crippen molar-refractivity contribution in [3.8, 4) is 0 Å². The second-order valence-electron chi connectivity index (χ2n) is 4.62. The maximum atomic E-state index is 11.6. The van der Waals surface area contributed by atoms with Crippen LogP contribution in [0.2, 0.25) is 0 Å². The van der Waals surface area contributed by atoms with E-state index in [2.05, 4.69) is 5.32 Å². The molecule has 0 atom stereocenters. The Bertz CT molecular complexity index is 413. The normalized spacial score (nSPS) is 14.7. The Balaban J connectivity index is 1.73. The lowest BCUT2D eigenvalue weighted by atomic mass is 10.2. The summed E-state index contributed by atoms with van der Waals surface area (Å²) in [6, 6.07) is 1.83. The molecule has 1 saturated carbocycles. The minimum absolute atomic E-state index is 0.107. The molecule has 0 unspecified atom stereocenters. The van der Waals surface area contributed by atoms with Gasteiger partial charge in [-0.05, 0) is 24.8 Å². The number of nitrogens with one attached hydrogen (secondary N) is 1. The number of rotatable bonds is 8. The molecule has 0 spiro atoms. The van der Waals surface area contributed by atoms with Crippen molar-refractivity contribution in [1.29, 1.82) is 0 Å². The van der Waals surface area contributed by atoms with Gasteiger partial charge in [-0.25, -0.2) is 0 Å². The Hall–Kier alpha value is -1.07. The van der Waals surface area contributed by atoms with E-state index < -0.39 is 0 Å². The summed E-state index contributed by atoms with van der Waals surface area (Å²) in [5, 5.41) is 4.18. The summed E-state index contributed by atoms with van der Waals surface area (Å²) >= 11 is 1.43. The smallest absolute Gasteiger partial charge is 0.174 e. The molecule has 1 aliphatic rings. The van der Waals surface area contributed by atoms with Crippen LogP contribution < -0.4 is 11.1 Å². The van der Waals surface area contributed by atoms with Crippen LogP contribution in [-0.4, -0.2) is 25.5 Å². The monoisotopic (exact) mass is 268 g/mol. The molecule has 1 heterocycles. The summed E-state index contributed by atoms with van der Waals surface area (Å²) in [5.41, 5.74) is 6.39. The molecule has 1 aromatic rings. The van der Waals surface area contributed by atoms with E-state index in [4.69, 9.17) is 10.5 Å². The third kappa shape index (κ3) is 3.71. The van der Waals surface area contributed by atoms with Crippen LogP contribution in [0.1, 0.15) is 35.9 Å². The molecule has 18 heavy (non-hydrogen) atoms. The topological polar surface area (TPSA) is 64.3 Å². The number of hydrogen-bond donors (Lipinski definition) is 2. The van der Waals surface area contributed by atoms with Crippen molar-refractivity contribution in [2.75, 3.05) is 30.8 Å². The highest BCUT2D eigenvalue weighted by atomic mass is 32.1. The van der Waals surface area contributed by atoms with Crippen molar-refractivity contribution < 1.29 is 9.53 Å². The second kappa shape index (κ2) is 6.20. The lowest BCUT2D eigenvalue weighted by Gasteiger charge is -2.04. The predicted molar refractivity (Wildman–Crippen MR) is 75.4 cm³/mol. The first kappa shape index (κ1) is 13.4. The molecular weight excluding hydrogens is 248 g/mol. The van der Waals surface area contributed by atoms with Gasteiger partial charge in [0.1, 0.15) is 0 Å². The number of ether oxygens (including phenoxy) is 1. The fraction of sp³-hybridized carbons (Fsp3) is 0.615. The Labute approximate surface area is 112 Å². The van der Waals surface area contributed by atoms with Crippen molar-refractivity contribution >= 4 is 27.8 Å². The summed E-state index contributed by atoms with van der Waals surface area (Å²) < 4.78 is 5.53. The van der Waals surface area contributed by atoms with E-state index in [9.17, 15) is 4.79 Å². The molecule has 1 aromatic heterocycles. The third-order valence-electron chi connectivity index (χ3n) is 2.93. The highest BCUT2D eigenvalue weighted by Crippen LogP contribution is 2.30. The van der Waals surface area contributed by atoms with E-state index in [0.29, 0.717) is 23.6 Å². The molecular formula is C13H20N2O2S. The number of nitrogen functional groups attached to an aromatic ring is 1. The molecule has 0 saturated heterocycles. The van der Waals surface area contributed by atoms with E-state index in [-0.39, 0.29) is 5.78 Å².